The maximum atomic E-state index is 13.1. The van der Waals surface area contributed by atoms with Crippen LogP contribution in [0.4, 0.5) is 13.2 Å². The van der Waals surface area contributed by atoms with Crippen LogP contribution in [-0.2, 0) is 19.3 Å². The predicted molar refractivity (Wildman–Crippen MR) is 125 cm³/mol. The molecule has 5 rings (SSSR count). The number of halogens is 3. The van der Waals surface area contributed by atoms with Crippen LogP contribution in [0.5, 0.6) is 0 Å². The average Bonchev–Trinajstić information content (AvgIpc) is 3.40. The van der Waals surface area contributed by atoms with Gasteiger partial charge in [0.05, 0.1) is 23.0 Å². The molecule has 1 aromatic carbocycles. The first kappa shape index (κ1) is 23.1. The minimum absolute atomic E-state index is 0.145. The third-order valence-corrected chi connectivity index (χ3v) is 6.14. The number of nitrogens with zero attached hydrogens (tertiary/aromatic N) is 5. The standard InChI is InChI=1S/C25H25F3N6O/c1-2-33-15-17(14-30-33)21-12-19(18-6-3-4-7-20(18)31-21)24(35)29-10-5-11-34-22(16-8-9-16)13-23(32-34)25(26,27)28/h3-4,6-7,12-16H,2,5,8-11H2,1H3,(H,29,35). The minimum atomic E-state index is -4.46. The number of pyridine rings is 1. The van der Waals surface area contributed by atoms with Crippen LogP contribution < -0.4 is 5.32 Å². The van der Waals surface area contributed by atoms with Gasteiger partial charge in [0.1, 0.15) is 0 Å². The van der Waals surface area contributed by atoms with Crippen molar-refractivity contribution in [2.45, 2.75) is 51.4 Å². The summed E-state index contributed by atoms with van der Waals surface area (Å²) in [6, 6.07) is 10.3. The summed E-state index contributed by atoms with van der Waals surface area (Å²) in [5.74, 6) is -0.113. The average molecular weight is 483 g/mol. The maximum absolute atomic E-state index is 13.1. The van der Waals surface area contributed by atoms with Crippen molar-refractivity contribution in [1.82, 2.24) is 29.9 Å². The van der Waals surface area contributed by atoms with E-state index in [0.29, 0.717) is 42.0 Å². The Bertz CT molecular complexity index is 1370. The number of aromatic nitrogens is 5. The molecule has 10 heteroatoms. The van der Waals surface area contributed by atoms with Crippen molar-refractivity contribution in [2.75, 3.05) is 6.54 Å². The smallest absolute Gasteiger partial charge is 0.352 e. The molecule has 0 atom stereocenters. The molecule has 3 heterocycles. The fourth-order valence-corrected chi connectivity index (χ4v) is 4.16. The molecule has 1 fully saturated rings. The van der Waals surface area contributed by atoms with Crippen molar-refractivity contribution in [3.8, 4) is 11.3 Å². The van der Waals surface area contributed by atoms with Crippen LogP contribution >= 0.6 is 0 Å². The Hall–Kier alpha value is -3.69. The summed E-state index contributed by atoms with van der Waals surface area (Å²) in [7, 11) is 0. The zero-order valence-corrected chi connectivity index (χ0v) is 19.2. The number of nitrogens with one attached hydrogen (secondary N) is 1. The van der Waals surface area contributed by atoms with Crippen LogP contribution in [-0.4, -0.2) is 37.0 Å². The van der Waals surface area contributed by atoms with E-state index in [2.05, 4.69) is 20.5 Å². The minimum Gasteiger partial charge on any atom is -0.352 e. The van der Waals surface area contributed by atoms with Gasteiger partial charge in [0.2, 0.25) is 0 Å². The molecule has 0 unspecified atom stereocenters. The lowest BCUT2D eigenvalue weighted by molar-refractivity contribution is -0.141. The first-order valence-electron chi connectivity index (χ1n) is 11.7. The molecule has 1 aliphatic rings. The van der Waals surface area contributed by atoms with Crippen LogP contribution in [0.15, 0.2) is 48.8 Å². The molecule has 1 aliphatic carbocycles. The number of carbonyl (C=O) groups is 1. The molecule has 182 valence electrons. The Kier molecular flexibility index (Phi) is 6.04. The van der Waals surface area contributed by atoms with Crippen molar-refractivity contribution in [3.05, 3.63) is 65.7 Å². The summed E-state index contributed by atoms with van der Waals surface area (Å²) in [6.45, 7) is 3.33. The van der Waals surface area contributed by atoms with E-state index in [-0.39, 0.29) is 11.8 Å². The van der Waals surface area contributed by atoms with Gasteiger partial charge in [-0.25, -0.2) is 4.98 Å². The van der Waals surface area contributed by atoms with Gasteiger partial charge in [0.15, 0.2) is 5.69 Å². The van der Waals surface area contributed by atoms with E-state index in [4.69, 9.17) is 0 Å². The van der Waals surface area contributed by atoms with Gasteiger partial charge in [0.25, 0.3) is 5.91 Å². The lowest BCUT2D eigenvalue weighted by Crippen LogP contribution is -2.26. The number of para-hydroxylation sites is 1. The van der Waals surface area contributed by atoms with Crippen molar-refractivity contribution < 1.29 is 18.0 Å². The number of amides is 1. The van der Waals surface area contributed by atoms with Gasteiger partial charge < -0.3 is 5.32 Å². The predicted octanol–water partition coefficient (Wildman–Crippen LogP) is 5.03. The molecule has 1 saturated carbocycles. The highest BCUT2D eigenvalue weighted by molar-refractivity contribution is 6.07. The second kappa shape index (κ2) is 9.16. The van der Waals surface area contributed by atoms with Gasteiger partial charge in [-0.1, -0.05) is 18.2 Å². The van der Waals surface area contributed by atoms with Crippen molar-refractivity contribution in [2.24, 2.45) is 0 Å². The zero-order chi connectivity index (χ0) is 24.6. The number of benzene rings is 1. The lowest BCUT2D eigenvalue weighted by Gasteiger charge is -2.11. The number of alkyl halides is 3. The molecular weight excluding hydrogens is 457 g/mol. The van der Waals surface area contributed by atoms with E-state index < -0.39 is 11.9 Å². The molecule has 1 N–H and O–H groups in total. The summed E-state index contributed by atoms with van der Waals surface area (Å²) in [6.07, 6.45) is 1.37. The second-order valence-electron chi connectivity index (χ2n) is 8.72. The quantitative estimate of drug-likeness (QED) is 0.357. The molecular formula is C25H25F3N6O. The SMILES string of the molecule is CCn1cc(-c2cc(C(=O)NCCCn3nc(C(F)(F)F)cc3C3CC3)c3ccccc3n2)cn1. The topological polar surface area (TPSA) is 77.6 Å². The summed E-state index contributed by atoms with van der Waals surface area (Å²) in [5, 5.41) is 11.7. The van der Waals surface area contributed by atoms with Gasteiger partial charge in [-0.05, 0) is 44.4 Å². The number of hydrogen-bond acceptors (Lipinski definition) is 4. The van der Waals surface area contributed by atoms with E-state index in [0.717, 1.165) is 36.4 Å². The van der Waals surface area contributed by atoms with E-state index >= 15 is 0 Å². The Morgan fingerprint density at radius 1 is 1.20 bits per heavy atom. The summed E-state index contributed by atoms with van der Waals surface area (Å²) in [4.78, 5) is 17.8. The van der Waals surface area contributed by atoms with Crippen LogP contribution in [0, 0.1) is 0 Å². The van der Waals surface area contributed by atoms with Crippen molar-refractivity contribution in [3.63, 3.8) is 0 Å². The van der Waals surface area contributed by atoms with E-state index in [9.17, 15) is 18.0 Å². The highest BCUT2D eigenvalue weighted by Crippen LogP contribution is 2.42. The first-order valence-corrected chi connectivity index (χ1v) is 11.7. The third kappa shape index (κ3) is 4.91. The van der Waals surface area contributed by atoms with Crippen LogP contribution in [0.3, 0.4) is 0 Å². The van der Waals surface area contributed by atoms with Gasteiger partial charge in [0, 0.05) is 48.4 Å². The Morgan fingerprint density at radius 3 is 2.71 bits per heavy atom. The van der Waals surface area contributed by atoms with Gasteiger partial charge >= 0.3 is 6.18 Å². The van der Waals surface area contributed by atoms with Crippen LogP contribution in [0.1, 0.15) is 53.8 Å². The normalized spacial score (nSPS) is 13.9. The van der Waals surface area contributed by atoms with Crippen molar-refractivity contribution in [1.29, 1.82) is 0 Å². The molecule has 0 bridgehead atoms. The highest BCUT2D eigenvalue weighted by atomic mass is 19.4. The summed E-state index contributed by atoms with van der Waals surface area (Å²) in [5.41, 5.74) is 2.43. The van der Waals surface area contributed by atoms with Gasteiger partial charge in [-0.2, -0.15) is 23.4 Å². The molecule has 0 spiro atoms. The number of aryl methyl sites for hydroxylation is 2. The molecule has 7 nitrogen and oxygen atoms in total. The highest BCUT2D eigenvalue weighted by Gasteiger charge is 2.37. The molecule has 0 radical (unpaired) electrons. The lowest BCUT2D eigenvalue weighted by atomic mass is 10.0. The fourth-order valence-electron chi connectivity index (χ4n) is 4.16. The Balaban J connectivity index is 1.30. The third-order valence-electron chi connectivity index (χ3n) is 6.14. The molecule has 1 amide bonds. The van der Waals surface area contributed by atoms with E-state index in [1.807, 2.05) is 37.4 Å². The van der Waals surface area contributed by atoms with Crippen molar-refractivity contribution >= 4 is 16.8 Å². The molecule has 35 heavy (non-hydrogen) atoms. The van der Waals surface area contributed by atoms with Gasteiger partial charge in [-0.15, -0.1) is 0 Å². The number of carbonyl (C=O) groups excluding carboxylic acids is 1. The molecule has 0 saturated heterocycles. The van der Waals surface area contributed by atoms with E-state index in [1.165, 1.54) is 4.68 Å². The number of rotatable bonds is 8. The molecule has 3 aromatic heterocycles. The van der Waals surface area contributed by atoms with Crippen LogP contribution in [0.25, 0.3) is 22.2 Å². The molecule has 4 aromatic rings. The zero-order valence-electron chi connectivity index (χ0n) is 19.2. The monoisotopic (exact) mass is 482 g/mol. The maximum Gasteiger partial charge on any atom is 0.435 e. The Morgan fingerprint density at radius 2 is 2.00 bits per heavy atom. The Labute approximate surface area is 200 Å². The fraction of sp³-hybridized carbons (Fsp3) is 0.360. The summed E-state index contributed by atoms with van der Waals surface area (Å²) < 4.78 is 42.6. The number of hydrogen-bond donors (Lipinski definition) is 1. The largest absolute Gasteiger partial charge is 0.435 e. The second-order valence-corrected chi connectivity index (χ2v) is 8.72. The summed E-state index contributed by atoms with van der Waals surface area (Å²) >= 11 is 0. The first-order chi connectivity index (χ1) is 16.8. The molecule has 0 aliphatic heterocycles. The number of fused-ring (bicyclic) bond motifs is 1. The van der Waals surface area contributed by atoms with Gasteiger partial charge in [-0.3, -0.25) is 14.2 Å². The van der Waals surface area contributed by atoms with Crippen LogP contribution in [0.2, 0.25) is 0 Å². The van der Waals surface area contributed by atoms with E-state index in [1.54, 1.807) is 16.9 Å².